The number of carbonyl (C=O) groups excluding carboxylic acids is 1. The molecule has 0 spiro atoms. The smallest absolute Gasteiger partial charge is 0.271 e. The van der Waals surface area contributed by atoms with Crippen LogP contribution in [0.4, 0.5) is 0 Å². The topological polar surface area (TPSA) is 130 Å². The molecule has 0 radical (unpaired) electrons. The lowest BCUT2D eigenvalue weighted by Crippen LogP contribution is -2.17. The van der Waals surface area contributed by atoms with Crippen LogP contribution in [0, 0.1) is 0 Å². The molecule has 0 bridgehead atoms. The fourth-order valence-corrected chi connectivity index (χ4v) is 2.19. The maximum Gasteiger partial charge on any atom is 0.271 e. The zero-order valence-electron chi connectivity index (χ0n) is 14.3. The summed E-state index contributed by atoms with van der Waals surface area (Å²) in [4.78, 5) is 12.0. The lowest BCUT2D eigenvalue weighted by molar-refractivity contribution is 0.0954. The number of nitrogens with one attached hydrogen (secondary N) is 1. The summed E-state index contributed by atoms with van der Waals surface area (Å²) in [7, 11) is 4.41. The first-order chi connectivity index (χ1) is 12.4. The Hall–Kier alpha value is -3.62. The van der Waals surface area contributed by atoms with E-state index in [0.29, 0.717) is 22.8 Å². The van der Waals surface area contributed by atoms with Crippen LogP contribution in [0.2, 0.25) is 0 Å². The zero-order valence-corrected chi connectivity index (χ0v) is 14.3. The largest absolute Gasteiger partial charge is 0.504 e. The van der Waals surface area contributed by atoms with E-state index in [2.05, 4.69) is 10.5 Å². The number of methoxy groups -OCH3 is 3. The van der Waals surface area contributed by atoms with Gasteiger partial charge in [-0.1, -0.05) is 0 Å². The first-order valence-electron chi connectivity index (χ1n) is 7.30. The number of phenols is 3. The number of rotatable bonds is 6. The van der Waals surface area contributed by atoms with E-state index in [1.165, 1.54) is 27.5 Å². The summed E-state index contributed by atoms with van der Waals surface area (Å²) in [5.74, 6) is -1.45. The van der Waals surface area contributed by atoms with Crippen LogP contribution in [-0.4, -0.2) is 48.8 Å². The van der Waals surface area contributed by atoms with Crippen molar-refractivity contribution in [2.45, 2.75) is 0 Å². The molecule has 4 N–H and O–H groups in total. The summed E-state index contributed by atoms with van der Waals surface area (Å²) >= 11 is 0. The molecule has 2 rings (SSSR count). The summed E-state index contributed by atoms with van der Waals surface area (Å²) < 4.78 is 15.7. The molecule has 0 aliphatic carbocycles. The Morgan fingerprint density at radius 1 is 1.00 bits per heavy atom. The number of nitrogens with zero attached hydrogens (tertiary/aromatic N) is 1. The van der Waals surface area contributed by atoms with E-state index in [4.69, 9.17) is 14.2 Å². The van der Waals surface area contributed by atoms with Gasteiger partial charge in [0.1, 0.15) is 0 Å². The minimum Gasteiger partial charge on any atom is -0.504 e. The molecule has 2 aromatic carbocycles. The highest BCUT2D eigenvalue weighted by Gasteiger charge is 2.15. The molecule has 0 fully saturated rings. The lowest BCUT2D eigenvalue weighted by Gasteiger charge is -2.13. The first kappa shape index (κ1) is 18.7. The molecule has 2 aromatic rings. The standard InChI is InChI=1S/C17H18N2O7/c1-24-13-5-4-9(15(25-2)16(13)26-3)8-18-19-17(23)10-6-11(20)14(22)12(21)7-10/h4-8,20-22H,1-3H3,(H,19,23). The second-order valence-corrected chi connectivity index (χ2v) is 4.99. The van der Waals surface area contributed by atoms with Gasteiger partial charge in [0.25, 0.3) is 5.91 Å². The van der Waals surface area contributed by atoms with Crippen molar-refractivity contribution < 1.29 is 34.3 Å². The maximum absolute atomic E-state index is 12.0. The van der Waals surface area contributed by atoms with Crippen LogP contribution in [-0.2, 0) is 0 Å². The number of phenolic OH excluding ortho intramolecular Hbond substituents is 3. The Kier molecular flexibility index (Phi) is 5.74. The van der Waals surface area contributed by atoms with Gasteiger partial charge in [-0.3, -0.25) is 4.79 Å². The van der Waals surface area contributed by atoms with Crippen molar-refractivity contribution in [1.82, 2.24) is 5.43 Å². The van der Waals surface area contributed by atoms with Crippen molar-refractivity contribution in [2.24, 2.45) is 5.10 Å². The van der Waals surface area contributed by atoms with Gasteiger partial charge in [0.2, 0.25) is 5.75 Å². The number of hydrogen-bond donors (Lipinski definition) is 4. The number of benzene rings is 2. The van der Waals surface area contributed by atoms with Gasteiger partial charge in [0, 0.05) is 11.1 Å². The fraction of sp³-hybridized carbons (Fsp3) is 0.176. The molecular formula is C17H18N2O7. The predicted octanol–water partition coefficient (Wildman–Crippen LogP) is 1.59. The SMILES string of the molecule is COc1ccc(C=NNC(=O)c2cc(O)c(O)c(O)c2)c(OC)c1OC. The van der Waals surface area contributed by atoms with Crippen molar-refractivity contribution in [3.63, 3.8) is 0 Å². The molecule has 0 saturated heterocycles. The third-order valence-corrected chi connectivity index (χ3v) is 3.44. The van der Waals surface area contributed by atoms with E-state index in [1.54, 1.807) is 12.1 Å². The maximum atomic E-state index is 12.0. The van der Waals surface area contributed by atoms with Crippen LogP contribution in [0.15, 0.2) is 29.4 Å². The van der Waals surface area contributed by atoms with Gasteiger partial charge in [-0.2, -0.15) is 5.10 Å². The summed E-state index contributed by atoms with van der Waals surface area (Å²) in [5, 5.41) is 32.0. The average molecular weight is 362 g/mol. The third-order valence-electron chi connectivity index (χ3n) is 3.44. The normalized spacial score (nSPS) is 10.6. The minimum atomic E-state index is -0.708. The monoisotopic (exact) mass is 362 g/mol. The summed E-state index contributed by atoms with van der Waals surface area (Å²) in [6.45, 7) is 0. The van der Waals surface area contributed by atoms with E-state index < -0.39 is 23.2 Å². The molecule has 0 saturated carbocycles. The van der Waals surface area contributed by atoms with Gasteiger partial charge in [0.05, 0.1) is 27.5 Å². The van der Waals surface area contributed by atoms with Gasteiger partial charge in [0.15, 0.2) is 28.7 Å². The summed E-state index contributed by atoms with van der Waals surface area (Å²) in [5.41, 5.74) is 2.66. The molecule has 0 atom stereocenters. The molecule has 0 aliphatic rings. The van der Waals surface area contributed by atoms with E-state index in [1.807, 2.05) is 0 Å². The van der Waals surface area contributed by atoms with Gasteiger partial charge in [-0.05, 0) is 24.3 Å². The molecule has 0 unspecified atom stereocenters. The Bertz CT molecular complexity index is 826. The fourth-order valence-electron chi connectivity index (χ4n) is 2.19. The Labute approximate surface area is 149 Å². The van der Waals surface area contributed by atoms with Crippen LogP contribution in [0.1, 0.15) is 15.9 Å². The molecule has 26 heavy (non-hydrogen) atoms. The lowest BCUT2D eigenvalue weighted by atomic mass is 10.1. The van der Waals surface area contributed by atoms with Gasteiger partial charge < -0.3 is 29.5 Å². The van der Waals surface area contributed by atoms with Crippen LogP contribution in [0.5, 0.6) is 34.5 Å². The van der Waals surface area contributed by atoms with Crippen molar-refractivity contribution in [3.8, 4) is 34.5 Å². The van der Waals surface area contributed by atoms with Crippen molar-refractivity contribution >= 4 is 12.1 Å². The van der Waals surface area contributed by atoms with E-state index in [9.17, 15) is 20.1 Å². The second-order valence-electron chi connectivity index (χ2n) is 4.99. The van der Waals surface area contributed by atoms with E-state index >= 15 is 0 Å². The summed E-state index contributed by atoms with van der Waals surface area (Å²) in [6.07, 6.45) is 1.33. The van der Waals surface area contributed by atoms with Crippen molar-refractivity contribution in [1.29, 1.82) is 0 Å². The first-order valence-corrected chi connectivity index (χ1v) is 7.30. The number of ether oxygens (including phenoxy) is 3. The number of hydrogen-bond acceptors (Lipinski definition) is 8. The number of aromatic hydroxyl groups is 3. The Morgan fingerprint density at radius 3 is 2.15 bits per heavy atom. The summed E-state index contributed by atoms with van der Waals surface area (Å²) in [6, 6.07) is 5.31. The Morgan fingerprint density at radius 2 is 1.62 bits per heavy atom. The van der Waals surface area contributed by atoms with Gasteiger partial charge >= 0.3 is 0 Å². The highest BCUT2D eigenvalue weighted by atomic mass is 16.5. The van der Waals surface area contributed by atoms with E-state index in [0.717, 1.165) is 12.1 Å². The molecule has 9 heteroatoms. The van der Waals surface area contributed by atoms with Crippen LogP contribution >= 0.6 is 0 Å². The highest BCUT2D eigenvalue weighted by molar-refractivity contribution is 5.96. The number of hydrazone groups is 1. The molecule has 0 aliphatic heterocycles. The third kappa shape index (κ3) is 3.72. The molecule has 0 aromatic heterocycles. The zero-order chi connectivity index (χ0) is 19.3. The Balaban J connectivity index is 2.22. The van der Waals surface area contributed by atoms with E-state index in [-0.39, 0.29) is 5.56 Å². The van der Waals surface area contributed by atoms with Crippen LogP contribution in [0.3, 0.4) is 0 Å². The molecular weight excluding hydrogens is 344 g/mol. The predicted molar refractivity (Wildman–Crippen MR) is 92.6 cm³/mol. The molecule has 1 amide bonds. The van der Waals surface area contributed by atoms with Crippen LogP contribution < -0.4 is 19.6 Å². The number of amides is 1. The average Bonchev–Trinajstić information content (AvgIpc) is 2.64. The second kappa shape index (κ2) is 7.97. The van der Waals surface area contributed by atoms with Gasteiger partial charge in [-0.15, -0.1) is 0 Å². The molecule has 9 nitrogen and oxygen atoms in total. The minimum absolute atomic E-state index is 0.0887. The van der Waals surface area contributed by atoms with Crippen LogP contribution in [0.25, 0.3) is 0 Å². The van der Waals surface area contributed by atoms with Crippen molar-refractivity contribution in [2.75, 3.05) is 21.3 Å². The highest BCUT2D eigenvalue weighted by Crippen LogP contribution is 2.39. The quantitative estimate of drug-likeness (QED) is 0.349. The number of carbonyl (C=O) groups is 1. The van der Waals surface area contributed by atoms with Crippen molar-refractivity contribution in [3.05, 3.63) is 35.4 Å². The molecule has 0 heterocycles. The molecule has 138 valence electrons. The van der Waals surface area contributed by atoms with Gasteiger partial charge in [-0.25, -0.2) is 5.43 Å².